The third-order valence-electron chi connectivity index (χ3n) is 2.57. The smallest absolute Gasteiger partial charge is 0.107 e. The van der Waals surface area contributed by atoms with Crippen molar-refractivity contribution >= 4 is 10.8 Å². The average molecular weight is 275 g/mol. The average Bonchev–Trinajstić information content (AvgIpc) is 2.40. The van der Waals surface area contributed by atoms with Crippen molar-refractivity contribution in [3.8, 4) is 0 Å². The summed E-state index contributed by atoms with van der Waals surface area (Å²) in [5, 5.41) is 8.71. The largest absolute Gasteiger partial charge is 0.395 e. The van der Waals surface area contributed by atoms with Gasteiger partial charge in [0.05, 0.1) is 35.3 Å². The molecule has 0 fully saturated rings. The molecular weight excluding hydrogens is 257 g/mol. The van der Waals surface area contributed by atoms with Gasteiger partial charge in [-0.2, -0.15) is 0 Å². The monoisotopic (exact) mass is 275 g/mol. The number of methoxy groups -OCH3 is 1. The molecule has 3 unspecified atom stereocenters. The number of alkyl halides is 1. The summed E-state index contributed by atoms with van der Waals surface area (Å²) in [4.78, 5) is 0.622. The standard InChI is InChI=1S/C12H18FNO3S/c1-17-12(11(14)8-13)9-2-4-10(5-3-9)18(16)7-6-15/h2-5,11-12,15H,6-8,14H2,1H3. The van der Waals surface area contributed by atoms with Gasteiger partial charge in [0, 0.05) is 12.0 Å². The van der Waals surface area contributed by atoms with Gasteiger partial charge < -0.3 is 15.6 Å². The van der Waals surface area contributed by atoms with Crippen molar-refractivity contribution in [2.75, 3.05) is 26.1 Å². The number of benzene rings is 1. The quantitative estimate of drug-likeness (QED) is 0.771. The van der Waals surface area contributed by atoms with Crippen LogP contribution in [-0.4, -0.2) is 41.5 Å². The fourth-order valence-corrected chi connectivity index (χ4v) is 2.49. The summed E-state index contributed by atoms with van der Waals surface area (Å²) >= 11 is 0. The molecular formula is C12H18FNO3S. The van der Waals surface area contributed by atoms with Crippen molar-refractivity contribution in [3.05, 3.63) is 29.8 Å². The fourth-order valence-electron chi connectivity index (χ4n) is 1.65. The van der Waals surface area contributed by atoms with Crippen LogP contribution in [0.15, 0.2) is 29.2 Å². The summed E-state index contributed by atoms with van der Waals surface area (Å²) in [5.74, 6) is 0.205. The van der Waals surface area contributed by atoms with Gasteiger partial charge in [0.1, 0.15) is 6.67 Å². The zero-order valence-electron chi connectivity index (χ0n) is 10.2. The highest BCUT2D eigenvalue weighted by molar-refractivity contribution is 7.85. The molecule has 0 bridgehead atoms. The lowest BCUT2D eigenvalue weighted by molar-refractivity contribution is 0.0720. The molecule has 6 heteroatoms. The van der Waals surface area contributed by atoms with E-state index in [1.165, 1.54) is 7.11 Å². The summed E-state index contributed by atoms with van der Waals surface area (Å²) < 4.78 is 29.3. The number of hydrogen-bond acceptors (Lipinski definition) is 4. The van der Waals surface area contributed by atoms with Crippen LogP contribution in [0.4, 0.5) is 4.39 Å². The molecule has 4 nitrogen and oxygen atoms in total. The van der Waals surface area contributed by atoms with Crippen LogP contribution in [0.2, 0.25) is 0 Å². The van der Waals surface area contributed by atoms with Gasteiger partial charge in [-0.25, -0.2) is 4.39 Å². The summed E-state index contributed by atoms with van der Waals surface area (Å²) in [6.45, 7) is -0.793. The van der Waals surface area contributed by atoms with Crippen LogP contribution < -0.4 is 5.73 Å². The van der Waals surface area contributed by atoms with Gasteiger partial charge in [-0.1, -0.05) is 12.1 Å². The Labute approximate surface area is 108 Å². The molecule has 18 heavy (non-hydrogen) atoms. The first kappa shape index (κ1) is 15.2. The van der Waals surface area contributed by atoms with E-state index in [2.05, 4.69) is 0 Å². The lowest BCUT2D eigenvalue weighted by Gasteiger charge is -2.20. The Morgan fingerprint density at radius 2 is 2.06 bits per heavy atom. The van der Waals surface area contributed by atoms with Gasteiger partial charge >= 0.3 is 0 Å². The highest BCUT2D eigenvalue weighted by atomic mass is 32.2. The van der Waals surface area contributed by atoms with Crippen molar-refractivity contribution < 1.29 is 18.4 Å². The number of aliphatic hydroxyl groups excluding tert-OH is 1. The second kappa shape index (κ2) is 7.58. The molecule has 0 aliphatic rings. The maximum Gasteiger partial charge on any atom is 0.107 e. The Kier molecular flexibility index (Phi) is 6.42. The van der Waals surface area contributed by atoms with Crippen LogP contribution >= 0.6 is 0 Å². The Morgan fingerprint density at radius 1 is 1.44 bits per heavy atom. The third-order valence-corrected chi connectivity index (χ3v) is 3.92. The number of halogens is 1. The van der Waals surface area contributed by atoms with Gasteiger partial charge in [-0.15, -0.1) is 0 Å². The Bertz CT molecular complexity index is 385. The molecule has 0 aromatic heterocycles. The van der Waals surface area contributed by atoms with E-state index in [0.29, 0.717) is 4.90 Å². The van der Waals surface area contributed by atoms with Gasteiger partial charge in [0.2, 0.25) is 0 Å². The topological polar surface area (TPSA) is 72.5 Å². The third kappa shape index (κ3) is 3.84. The molecule has 3 N–H and O–H groups in total. The molecule has 3 atom stereocenters. The van der Waals surface area contributed by atoms with Gasteiger partial charge in [-0.05, 0) is 17.7 Å². The summed E-state index contributed by atoms with van der Waals surface area (Å²) in [7, 11) is 0.255. The predicted octanol–water partition coefficient (Wildman–Crippen LogP) is 0.771. The zero-order valence-corrected chi connectivity index (χ0v) is 11.0. The molecule has 0 spiro atoms. The first-order valence-corrected chi connectivity index (χ1v) is 6.89. The lowest BCUT2D eigenvalue weighted by atomic mass is 10.0. The van der Waals surface area contributed by atoms with E-state index in [4.69, 9.17) is 15.6 Å². The second-order valence-corrected chi connectivity index (χ2v) is 5.39. The van der Waals surface area contributed by atoms with Crippen LogP contribution in [0.3, 0.4) is 0 Å². The van der Waals surface area contributed by atoms with E-state index in [1.54, 1.807) is 24.3 Å². The molecule has 0 amide bonds. The normalized spacial score (nSPS) is 16.2. The Balaban J connectivity index is 2.84. The second-order valence-electron chi connectivity index (χ2n) is 3.82. The first-order valence-electron chi connectivity index (χ1n) is 5.57. The van der Waals surface area contributed by atoms with Crippen molar-refractivity contribution in [1.29, 1.82) is 0 Å². The zero-order chi connectivity index (χ0) is 13.5. The van der Waals surface area contributed by atoms with Crippen LogP contribution in [0.5, 0.6) is 0 Å². The van der Waals surface area contributed by atoms with Gasteiger partial charge in [-0.3, -0.25) is 4.21 Å². The Morgan fingerprint density at radius 3 is 2.50 bits per heavy atom. The van der Waals surface area contributed by atoms with Crippen LogP contribution in [0.1, 0.15) is 11.7 Å². The summed E-state index contributed by atoms with van der Waals surface area (Å²) in [6.07, 6.45) is -0.518. The summed E-state index contributed by atoms with van der Waals surface area (Å²) in [5.41, 5.74) is 6.36. The highest BCUT2D eigenvalue weighted by Gasteiger charge is 2.19. The minimum absolute atomic E-state index is 0.123. The van der Waals surface area contributed by atoms with Crippen LogP contribution in [-0.2, 0) is 15.5 Å². The van der Waals surface area contributed by atoms with E-state index in [9.17, 15) is 8.60 Å². The summed E-state index contributed by atoms with van der Waals surface area (Å²) in [6, 6.07) is 6.07. The highest BCUT2D eigenvalue weighted by Crippen LogP contribution is 2.21. The van der Waals surface area contributed by atoms with Crippen molar-refractivity contribution in [2.45, 2.75) is 17.0 Å². The molecule has 102 valence electrons. The fraction of sp³-hybridized carbons (Fsp3) is 0.500. The number of nitrogens with two attached hydrogens (primary N) is 1. The number of hydrogen-bond donors (Lipinski definition) is 2. The van der Waals surface area contributed by atoms with E-state index in [-0.39, 0.29) is 12.4 Å². The molecule has 0 saturated heterocycles. The minimum Gasteiger partial charge on any atom is -0.395 e. The van der Waals surface area contributed by atoms with Crippen molar-refractivity contribution in [1.82, 2.24) is 0 Å². The molecule has 0 saturated carbocycles. The molecule has 1 aromatic rings. The Hall–Kier alpha value is -0.820. The van der Waals surface area contributed by atoms with E-state index < -0.39 is 29.6 Å². The van der Waals surface area contributed by atoms with E-state index in [0.717, 1.165) is 5.56 Å². The van der Waals surface area contributed by atoms with E-state index >= 15 is 0 Å². The number of ether oxygens (including phenoxy) is 1. The van der Waals surface area contributed by atoms with Crippen molar-refractivity contribution in [3.63, 3.8) is 0 Å². The first-order chi connectivity index (χ1) is 8.63. The van der Waals surface area contributed by atoms with Crippen LogP contribution in [0.25, 0.3) is 0 Å². The van der Waals surface area contributed by atoms with Crippen molar-refractivity contribution in [2.24, 2.45) is 5.73 Å². The SMILES string of the molecule is COC(c1ccc(S(=O)CCO)cc1)C(N)CF. The minimum atomic E-state index is -1.22. The maximum absolute atomic E-state index is 12.5. The predicted molar refractivity (Wildman–Crippen MR) is 68.5 cm³/mol. The molecule has 0 aliphatic heterocycles. The van der Waals surface area contributed by atoms with Gasteiger partial charge in [0.25, 0.3) is 0 Å². The molecule has 1 rings (SSSR count). The van der Waals surface area contributed by atoms with Gasteiger partial charge in [0.15, 0.2) is 0 Å². The number of rotatable bonds is 7. The van der Waals surface area contributed by atoms with Crippen LogP contribution in [0, 0.1) is 0 Å². The lowest BCUT2D eigenvalue weighted by Crippen LogP contribution is -2.31. The molecule has 1 aromatic carbocycles. The maximum atomic E-state index is 12.5. The molecule has 0 radical (unpaired) electrons. The molecule has 0 heterocycles. The number of aliphatic hydroxyl groups is 1. The van der Waals surface area contributed by atoms with E-state index in [1.807, 2.05) is 0 Å². The molecule has 0 aliphatic carbocycles.